The van der Waals surface area contributed by atoms with E-state index in [9.17, 15) is 13.2 Å². The molecule has 0 heterocycles. The maximum absolute atomic E-state index is 11.9. The smallest absolute Gasteiger partial charge is 0.406 e. The standard InChI is InChI=1S/C9H10F3NO2/c1-13(6-14)7-3-2-4-8(5-7)15-9(10,11)12/h2-5,14H,6H2,1H3. The molecule has 0 aliphatic carbocycles. The predicted molar refractivity (Wildman–Crippen MR) is 48.6 cm³/mol. The van der Waals surface area contributed by atoms with Crippen molar-refractivity contribution < 1.29 is 23.0 Å². The minimum Gasteiger partial charge on any atom is -0.406 e. The summed E-state index contributed by atoms with van der Waals surface area (Å²) >= 11 is 0. The van der Waals surface area contributed by atoms with Gasteiger partial charge >= 0.3 is 6.36 Å². The van der Waals surface area contributed by atoms with Crippen LogP contribution < -0.4 is 9.64 Å². The number of rotatable bonds is 3. The van der Waals surface area contributed by atoms with Crippen molar-refractivity contribution in [3.8, 4) is 5.75 Å². The number of anilines is 1. The lowest BCUT2D eigenvalue weighted by Crippen LogP contribution is -2.19. The van der Waals surface area contributed by atoms with Crippen LogP contribution in [-0.4, -0.2) is 25.2 Å². The Labute approximate surface area is 84.7 Å². The van der Waals surface area contributed by atoms with E-state index in [2.05, 4.69) is 4.74 Å². The summed E-state index contributed by atoms with van der Waals surface area (Å²) in [4.78, 5) is 1.38. The van der Waals surface area contributed by atoms with E-state index in [1.165, 1.54) is 23.1 Å². The molecule has 0 radical (unpaired) electrons. The van der Waals surface area contributed by atoms with Crippen LogP contribution in [0.1, 0.15) is 0 Å². The van der Waals surface area contributed by atoms with Gasteiger partial charge in [0, 0.05) is 18.8 Å². The van der Waals surface area contributed by atoms with Gasteiger partial charge in [0.1, 0.15) is 12.5 Å². The summed E-state index contributed by atoms with van der Waals surface area (Å²) in [5.41, 5.74) is 0.444. The van der Waals surface area contributed by atoms with Crippen LogP contribution in [0.3, 0.4) is 0 Å². The molecule has 0 saturated heterocycles. The molecule has 1 N–H and O–H groups in total. The first kappa shape index (κ1) is 11.6. The van der Waals surface area contributed by atoms with Crippen molar-refractivity contribution in [3.63, 3.8) is 0 Å². The number of hydrogen-bond donors (Lipinski definition) is 1. The Hall–Kier alpha value is -1.43. The highest BCUT2D eigenvalue weighted by atomic mass is 19.4. The van der Waals surface area contributed by atoms with Crippen LogP contribution in [0.15, 0.2) is 24.3 Å². The number of halogens is 3. The van der Waals surface area contributed by atoms with E-state index >= 15 is 0 Å². The van der Waals surface area contributed by atoms with Gasteiger partial charge in [0.25, 0.3) is 0 Å². The first-order valence-electron chi connectivity index (χ1n) is 4.10. The van der Waals surface area contributed by atoms with Gasteiger partial charge in [-0.05, 0) is 12.1 Å². The van der Waals surface area contributed by atoms with E-state index in [4.69, 9.17) is 5.11 Å². The summed E-state index contributed by atoms with van der Waals surface area (Å²) in [5, 5.41) is 8.77. The molecule has 0 unspecified atom stereocenters. The molecule has 1 aromatic carbocycles. The molecule has 0 aliphatic rings. The number of ether oxygens (including phenoxy) is 1. The van der Waals surface area contributed by atoms with Crippen molar-refractivity contribution in [1.29, 1.82) is 0 Å². The zero-order valence-corrected chi connectivity index (χ0v) is 7.95. The van der Waals surface area contributed by atoms with Crippen LogP contribution in [-0.2, 0) is 0 Å². The van der Waals surface area contributed by atoms with E-state index in [1.807, 2.05) is 0 Å². The zero-order chi connectivity index (χ0) is 11.5. The fourth-order valence-electron chi connectivity index (χ4n) is 1.000. The summed E-state index contributed by atoms with van der Waals surface area (Å²) in [5.74, 6) is -0.305. The van der Waals surface area contributed by atoms with E-state index < -0.39 is 6.36 Å². The quantitative estimate of drug-likeness (QED) is 0.792. The van der Waals surface area contributed by atoms with Gasteiger partial charge in [-0.3, -0.25) is 0 Å². The molecule has 0 spiro atoms. The Morgan fingerprint density at radius 1 is 1.40 bits per heavy atom. The third kappa shape index (κ3) is 3.67. The topological polar surface area (TPSA) is 32.7 Å². The minimum atomic E-state index is -4.70. The zero-order valence-electron chi connectivity index (χ0n) is 7.95. The molecule has 0 saturated carbocycles. The third-order valence-electron chi connectivity index (χ3n) is 1.70. The first-order valence-corrected chi connectivity index (χ1v) is 4.10. The SMILES string of the molecule is CN(CO)c1cccc(OC(F)(F)F)c1. The van der Waals surface area contributed by atoms with Crippen LogP contribution in [0.5, 0.6) is 5.75 Å². The summed E-state index contributed by atoms with van der Waals surface area (Å²) in [6, 6.07) is 5.38. The second-order valence-corrected chi connectivity index (χ2v) is 2.88. The normalized spacial score (nSPS) is 11.3. The molecule has 15 heavy (non-hydrogen) atoms. The number of aliphatic hydroxyl groups excluding tert-OH is 1. The van der Waals surface area contributed by atoms with Crippen LogP contribution in [0, 0.1) is 0 Å². The molecule has 1 aromatic rings. The van der Waals surface area contributed by atoms with Crippen molar-refractivity contribution in [2.24, 2.45) is 0 Å². The number of aliphatic hydroxyl groups is 1. The minimum absolute atomic E-state index is 0.282. The van der Waals surface area contributed by atoms with E-state index in [1.54, 1.807) is 13.1 Å². The maximum Gasteiger partial charge on any atom is 0.573 e. The van der Waals surface area contributed by atoms with Gasteiger partial charge in [0.2, 0.25) is 0 Å². The van der Waals surface area contributed by atoms with E-state index in [0.29, 0.717) is 5.69 Å². The van der Waals surface area contributed by atoms with Crippen LogP contribution >= 0.6 is 0 Å². The molecular formula is C9H10F3NO2. The van der Waals surface area contributed by atoms with Crippen molar-refractivity contribution in [2.75, 3.05) is 18.7 Å². The molecule has 6 heteroatoms. The summed E-state index contributed by atoms with van der Waals surface area (Å²) < 4.78 is 39.3. The Balaban J connectivity index is 2.83. The van der Waals surface area contributed by atoms with E-state index in [-0.39, 0.29) is 12.5 Å². The molecule has 3 nitrogen and oxygen atoms in total. The number of hydrogen-bond acceptors (Lipinski definition) is 3. The fourth-order valence-corrected chi connectivity index (χ4v) is 1.000. The molecule has 0 atom stereocenters. The molecule has 0 bridgehead atoms. The van der Waals surface area contributed by atoms with Gasteiger partial charge in [-0.1, -0.05) is 6.07 Å². The molecule has 0 fully saturated rings. The molecule has 0 aliphatic heterocycles. The predicted octanol–water partition coefficient (Wildman–Crippen LogP) is 1.97. The Kier molecular flexibility index (Phi) is 3.41. The molecule has 0 aromatic heterocycles. The summed E-state index contributed by atoms with van der Waals surface area (Å²) in [6.07, 6.45) is -4.70. The lowest BCUT2D eigenvalue weighted by Gasteiger charge is -2.17. The van der Waals surface area contributed by atoms with Gasteiger partial charge in [0.05, 0.1) is 0 Å². The van der Waals surface area contributed by atoms with Crippen LogP contribution in [0.2, 0.25) is 0 Å². The first-order chi connectivity index (χ1) is 6.92. The van der Waals surface area contributed by atoms with Crippen molar-refractivity contribution >= 4 is 5.69 Å². The summed E-state index contributed by atoms with van der Waals surface area (Å²) in [6.45, 7) is -0.282. The Bertz CT molecular complexity index is 327. The number of benzene rings is 1. The van der Waals surface area contributed by atoms with Gasteiger partial charge in [-0.2, -0.15) is 0 Å². The highest BCUT2D eigenvalue weighted by molar-refractivity contribution is 5.49. The van der Waals surface area contributed by atoms with E-state index in [0.717, 1.165) is 0 Å². The molecule has 84 valence electrons. The van der Waals surface area contributed by atoms with Crippen LogP contribution in [0.4, 0.5) is 18.9 Å². The second kappa shape index (κ2) is 4.39. The van der Waals surface area contributed by atoms with Gasteiger partial charge in [0.15, 0.2) is 0 Å². The monoisotopic (exact) mass is 221 g/mol. The largest absolute Gasteiger partial charge is 0.573 e. The van der Waals surface area contributed by atoms with Crippen molar-refractivity contribution in [3.05, 3.63) is 24.3 Å². The third-order valence-corrected chi connectivity index (χ3v) is 1.70. The van der Waals surface area contributed by atoms with Gasteiger partial charge in [-0.15, -0.1) is 13.2 Å². The number of alkyl halides is 3. The molecular weight excluding hydrogens is 211 g/mol. The Morgan fingerprint density at radius 2 is 2.07 bits per heavy atom. The average molecular weight is 221 g/mol. The van der Waals surface area contributed by atoms with Crippen LogP contribution in [0.25, 0.3) is 0 Å². The molecule has 1 rings (SSSR count). The summed E-state index contributed by atoms with van der Waals surface area (Å²) in [7, 11) is 1.55. The van der Waals surface area contributed by atoms with Gasteiger partial charge in [-0.25, -0.2) is 0 Å². The second-order valence-electron chi connectivity index (χ2n) is 2.88. The number of nitrogens with zero attached hydrogens (tertiary/aromatic N) is 1. The molecule has 0 amide bonds. The average Bonchev–Trinajstić information content (AvgIpc) is 2.14. The van der Waals surface area contributed by atoms with Crippen molar-refractivity contribution in [1.82, 2.24) is 0 Å². The highest BCUT2D eigenvalue weighted by Crippen LogP contribution is 2.25. The lowest BCUT2D eigenvalue weighted by molar-refractivity contribution is -0.274. The lowest BCUT2D eigenvalue weighted by atomic mass is 10.3. The highest BCUT2D eigenvalue weighted by Gasteiger charge is 2.31. The van der Waals surface area contributed by atoms with Gasteiger partial charge < -0.3 is 14.7 Å². The Morgan fingerprint density at radius 3 is 2.60 bits per heavy atom. The van der Waals surface area contributed by atoms with Crippen molar-refractivity contribution in [2.45, 2.75) is 6.36 Å². The fraction of sp³-hybridized carbons (Fsp3) is 0.333. The maximum atomic E-state index is 11.9.